The third kappa shape index (κ3) is 11.0. The lowest BCUT2D eigenvalue weighted by atomic mass is 9.47. The Kier molecular flexibility index (Phi) is 15.6. The summed E-state index contributed by atoms with van der Waals surface area (Å²) in [5, 5.41) is 19.8. The lowest BCUT2D eigenvalue weighted by molar-refractivity contribution is -0.130. The van der Waals surface area contributed by atoms with Gasteiger partial charge in [0.05, 0.1) is 19.3 Å². The van der Waals surface area contributed by atoms with Crippen LogP contribution >= 0.6 is 0 Å². The molecule has 0 aliphatic heterocycles. The van der Waals surface area contributed by atoms with Gasteiger partial charge in [-0.3, -0.25) is 19.2 Å². The summed E-state index contributed by atoms with van der Waals surface area (Å²) >= 11 is 0. The smallest absolute Gasteiger partial charge is 0.243 e. The fraction of sp³-hybridized carbons (Fsp3) is 0.739. The first-order chi connectivity index (χ1) is 26.7. The molecule has 1 aromatic carbocycles. The van der Waals surface area contributed by atoms with Crippen molar-refractivity contribution >= 4 is 29.3 Å². The Morgan fingerprint density at radius 3 is 2.34 bits per heavy atom. The van der Waals surface area contributed by atoms with Gasteiger partial charge >= 0.3 is 0 Å². The van der Waals surface area contributed by atoms with Gasteiger partial charge in [-0.2, -0.15) is 0 Å². The molecule has 312 valence electrons. The minimum absolute atomic E-state index is 0.0218. The fourth-order valence-electron chi connectivity index (χ4n) is 11.3. The number of benzene rings is 1. The predicted octanol–water partition coefficient (Wildman–Crippen LogP) is 7.45. The first kappa shape index (κ1) is 43.9. The Morgan fingerprint density at radius 2 is 1.61 bits per heavy atom. The van der Waals surface area contributed by atoms with Crippen LogP contribution in [0.1, 0.15) is 137 Å². The molecule has 10 nitrogen and oxygen atoms in total. The minimum Gasteiger partial charge on any atom is -0.392 e. The maximum absolute atomic E-state index is 12.4. The van der Waals surface area contributed by atoms with Gasteiger partial charge in [0, 0.05) is 31.7 Å². The molecule has 10 heteroatoms. The molecule has 0 aromatic heterocycles. The number of carbonyl (C=O) groups is 4. The molecule has 4 amide bonds. The van der Waals surface area contributed by atoms with Crippen LogP contribution in [0.2, 0.25) is 0 Å². The second kappa shape index (κ2) is 20.0. The highest BCUT2D eigenvalue weighted by Crippen LogP contribution is 2.67. The highest BCUT2D eigenvalue weighted by atomic mass is 16.5. The van der Waals surface area contributed by atoms with E-state index in [9.17, 15) is 19.2 Å². The molecule has 4 aliphatic rings. The average molecular weight is 777 g/mol. The van der Waals surface area contributed by atoms with E-state index in [2.05, 4.69) is 62.0 Å². The third-order valence-electron chi connectivity index (χ3n) is 14.5. The van der Waals surface area contributed by atoms with Crippen LogP contribution in [0.15, 0.2) is 35.9 Å². The summed E-state index contributed by atoms with van der Waals surface area (Å²) in [6.07, 6.45) is 17.9. The molecule has 0 radical (unpaired) electrons. The van der Waals surface area contributed by atoms with Gasteiger partial charge in [-0.25, -0.2) is 0 Å². The van der Waals surface area contributed by atoms with Gasteiger partial charge < -0.3 is 31.1 Å². The number of amides is 4. The molecule has 0 heterocycles. The molecule has 5 rings (SSSR count). The van der Waals surface area contributed by atoms with E-state index in [-0.39, 0.29) is 38.0 Å². The van der Waals surface area contributed by atoms with Crippen molar-refractivity contribution in [1.29, 1.82) is 0 Å². The SMILES string of the molecule is CC(C)CCC[C@@H](C)[C@H]1CCC2[C@@H]3CC=C4C[C@@H](OCCCNC(=O)CCC(=O)N[C@@H](C)C(=O)NCC(=O)Nc5ccc(CO)cc5)CC[C@]4(C)[C@H]3CC[C@@]21C. The van der Waals surface area contributed by atoms with Crippen LogP contribution in [0.3, 0.4) is 0 Å². The van der Waals surface area contributed by atoms with Gasteiger partial charge in [-0.05, 0) is 129 Å². The standard InChI is InChI=1S/C46H72N4O6/c1-30(2)9-7-10-31(3)38-17-18-39-37-16-13-34-27-36(21-23-45(34,5)40(37)22-24-46(38,39)6)56-26-8-25-47-41(52)19-20-42(53)49-32(4)44(55)48-28-43(54)50-35-14-11-33(29-51)12-15-35/h11-15,30-32,36-40,51H,7-10,16-29H2,1-6H3,(H,47,52)(H,48,55)(H,49,53)(H,50,54)/t31-,32+,36+,37+,38-,39?,40+,45+,46-/m1/s1. The highest BCUT2D eigenvalue weighted by molar-refractivity contribution is 5.96. The zero-order valence-electron chi connectivity index (χ0n) is 35.2. The van der Waals surface area contributed by atoms with E-state index in [4.69, 9.17) is 9.84 Å². The van der Waals surface area contributed by atoms with Gasteiger partial charge in [0.1, 0.15) is 6.04 Å². The Labute approximate surface area is 336 Å². The van der Waals surface area contributed by atoms with Crippen LogP contribution < -0.4 is 21.3 Å². The maximum atomic E-state index is 12.4. The number of ether oxygens (including phenoxy) is 1. The third-order valence-corrected chi connectivity index (χ3v) is 14.5. The van der Waals surface area contributed by atoms with Crippen molar-refractivity contribution in [3.63, 3.8) is 0 Å². The van der Waals surface area contributed by atoms with Gasteiger partial charge in [0.2, 0.25) is 23.6 Å². The number of anilines is 1. The molecular weight excluding hydrogens is 705 g/mol. The van der Waals surface area contributed by atoms with E-state index in [0.717, 1.165) is 53.9 Å². The summed E-state index contributed by atoms with van der Waals surface area (Å²) in [5.41, 5.74) is 3.72. The molecule has 0 bridgehead atoms. The Morgan fingerprint density at radius 1 is 0.857 bits per heavy atom. The number of carbonyl (C=O) groups excluding carboxylic acids is 4. The van der Waals surface area contributed by atoms with E-state index in [1.54, 1.807) is 29.8 Å². The van der Waals surface area contributed by atoms with Crippen molar-refractivity contribution in [3.8, 4) is 0 Å². The molecule has 0 saturated heterocycles. The number of aliphatic hydroxyl groups is 1. The summed E-state index contributed by atoms with van der Waals surface area (Å²) in [4.78, 5) is 49.4. The number of rotatable bonds is 19. The second-order valence-electron chi connectivity index (χ2n) is 18.6. The van der Waals surface area contributed by atoms with Gasteiger partial charge in [-0.15, -0.1) is 0 Å². The van der Waals surface area contributed by atoms with Crippen molar-refractivity contribution in [3.05, 3.63) is 41.5 Å². The summed E-state index contributed by atoms with van der Waals surface area (Å²) in [5.74, 6) is 3.50. The van der Waals surface area contributed by atoms with Gasteiger partial charge in [-0.1, -0.05) is 77.7 Å². The Balaban J connectivity index is 0.947. The minimum atomic E-state index is -0.862. The number of hydrogen-bond acceptors (Lipinski definition) is 6. The van der Waals surface area contributed by atoms with Crippen LogP contribution in [0.4, 0.5) is 5.69 Å². The van der Waals surface area contributed by atoms with Crippen LogP contribution in [0, 0.1) is 46.3 Å². The average Bonchev–Trinajstić information content (AvgIpc) is 3.53. The summed E-state index contributed by atoms with van der Waals surface area (Å²) < 4.78 is 6.38. The van der Waals surface area contributed by atoms with Crippen molar-refractivity contribution in [2.45, 2.75) is 150 Å². The lowest BCUT2D eigenvalue weighted by Gasteiger charge is -2.58. The highest BCUT2D eigenvalue weighted by Gasteiger charge is 2.59. The number of fused-ring (bicyclic) bond motifs is 5. The Hall–Kier alpha value is -3.24. The molecule has 1 unspecified atom stereocenters. The number of allylic oxidation sites excluding steroid dienone is 1. The van der Waals surface area contributed by atoms with E-state index in [0.29, 0.717) is 36.1 Å². The summed E-state index contributed by atoms with van der Waals surface area (Å²) in [6, 6.07) is 5.84. The van der Waals surface area contributed by atoms with Crippen molar-refractivity contribution in [2.24, 2.45) is 46.3 Å². The molecule has 1 aromatic rings. The molecule has 0 spiro atoms. The summed E-state index contributed by atoms with van der Waals surface area (Å²) in [6.45, 7) is 14.8. The van der Waals surface area contributed by atoms with Crippen LogP contribution in [0.5, 0.6) is 0 Å². The normalized spacial score (nSPS) is 29.2. The first-order valence-electron chi connectivity index (χ1n) is 21.9. The number of hydrogen-bond donors (Lipinski definition) is 5. The zero-order valence-corrected chi connectivity index (χ0v) is 35.2. The number of nitrogens with one attached hydrogen (secondary N) is 4. The van der Waals surface area contributed by atoms with E-state index >= 15 is 0 Å². The van der Waals surface area contributed by atoms with Crippen LogP contribution in [-0.2, 0) is 30.5 Å². The molecule has 3 fully saturated rings. The van der Waals surface area contributed by atoms with Crippen LogP contribution in [0.25, 0.3) is 0 Å². The fourth-order valence-corrected chi connectivity index (χ4v) is 11.3. The molecular formula is C46H72N4O6. The van der Waals surface area contributed by atoms with E-state index in [1.807, 2.05) is 0 Å². The molecule has 9 atom stereocenters. The topological polar surface area (TPSA) is 146 Å². The molecule has 3 saturated carbocycles. The quantitative estimate of drug-likeness (QED) is 0.0729. The van der Waals surface area contributed by atoms with Gasteiger partial charge in [0.15, 0.2) is 0 Å². The summed E-state index contributed by atoms with van der Waals surface area (Å²) in [7, 11) is 0. The van der Waals surface area contributed by atoms with E-state index < -0.39 is 23.8 Å². The van der Waals surface area contributed by atoms with Crippen molar-refractivity contribution in [1.82, 2.24) is 16.0 Å². The molecule has 56 heavy (non-hydrogen) atoms. The van der Waals surface area contributed by atoms with Crippen LogP contribution in [-0.4, -0.2) is 60.6 Å². The monoisotopic (exact) mass is 777 g/mol. The molecule has 4 aliphatic carbocycles. The van der Waals surface area contributed by atoms with Crippen molar-refractivity contribution in [2.75, 3.05) is 25.0 Å². The molecule has 5 N–H and O–H groups in total. The zero-order chi connectivity index (χ0) is 40.5. The van der Waals surface area contributed by atoms with E-state index in [1.165, 1.54) is 64.7 Å². The maximum Gasteiger partial charge on any atom is 0.243 e. The Bertz CT molecular complexity index is 1530. The van der Waals surface area contributed by atoms with Gasteiger partial charge in [0.25, 0.3) is 0 Å². The first-order valence-corrected chi connectivity index (χ1v) is 21.9. The predicted molar refractivity (Wildman–Crippen MR) is 221 cm³/mol. The largest absolute Gasteiger partial charge is 0.392 e. The number of aliphatic hydroxyl groups excluding tert-OH is 1. The van der Waals surface area contributed by atoms with Crippen molar-refractivity contribution < 1.29 is 29.0 Å². The second-order valence-corrected chi connectivity index (χ2v) is 18.6. The lowest BCUT2D eigenvalue weighted by Crippen LogP contribution is -2.51.